The molecule has 0 radical (unpaired) electrons. The molecule has 5 nitrogen and oxygen atoms in total. The summed E-state index contributed by atoms with van der Waals surface area (Å²) >= 11 is 0. The lowest BCUT2D eigenvalue weighted by Gasteiger charge is -2.26. The molecule has 52 heavy (non-hydrogen) atoms. The molecule has 0 fully saturated rings. The molecule has 0 aliphatic rings. The summed E-state index contributed by atoms with van der Waals surface area (Å²) in [6.07, 6.45) is 52.7. The summed E-state index contributed by atoms with van der Waals surface area (Å²) in [5, 5.41) is 33.4. The predicted octanol–water partition coefficient (Wildman–Crippen LogP) is 13.2. The Morgan fingerprint density at radius 3 is 1.21 bits per heavy atom. The molecule has 0 spiro atoms. The Labute approximate surface area is 324 Å². The Morgan fingerprint density at radius 2 is 0.788 bits per heavy atom. The Kier molecular flexibility index (Phi) is 41.1. The van der Waals surface area contributed by atoms with Crippen molar-refractivity contribution < 1.29 is 20.1 Å². The van der Waals surface area contributed by atoms with Gasteiger partial charge in [-0.15, -0.1) is 0 Å². The second-order valence-corrected chi connectivity index (χ2v) is 15.6. The first kappa shape index (κ1) is 50.6. The van der Waals surface area contributed by atoms with Crippen LogP contribution in [0.5, 0.6) is 0 Å². The van der Waals surface area contributed by atoms with Gasteiger partial charge < -0.3 is 20.6 Å². The molecule has 0 aliphatic heterocycles. The third-order valence-electron chi connectivity index (χ3n) is 10.4. The fraction of sp³-hybridized carbons (Fsp3) is 0.851. The molecule has 0 aliphatic carbocycles. The van der Waals surface area contributed by atoms with Crippen molar-refractivity contribution in [3.05, 3.63) is 36.5 Å². The maximum Gasteiger partial charge on any atom is 0.220 e. The zero-order valence-electron chi connectivity index (χ0n) is 34.7. The summed E-state index contributed by atoms with van der Waals surface area (Å²) < 4.78 is 0. The van der Waals surface area contributed by atoms with Gasteiger partial charge in [-0.2, -0.15) is 0 Å². The van der Waals surface area contributed by atoms with Crippen molar-refractivity contribution in [2.24, 2.45) is 0 Å². The lowest BCUT2D eigenvalue weighted by atomic mass is 10.0. The Morgan fingerprint density at radius 1 is 0.462 bits per heavy atom. The topological polar surface area (TPSA) is 89.8 Å². The van der Waals surface area contributed by atoms with E-state index in [1.165, 1.54) is 161 Å². The Bertz CT molecular complexity index is 809. The van der Waals surface area contributed by atoms with Crippen LogP contribution in [-0.2, 0) is 4.79 Å². The molecule has 0 aromatic carbocycles. The molecule has 0 bridgehead atoms. The average Bonchev–Trinajstić information content (AvgIpc) is 3.15. The normalized spacial score (nSPS) is 13.9. The fourth-order valence-electron chi connectivity index (χ4n) is 6.88. The van der Waals surface area contributed by atoms with Crippen LogP contribution in [0.3, 0.4) is 0 Å². The molecule has 0 rings (SSSR count). The molecule has 0 heterocycles. The van der Waals surface area contributed by atoms with E-state index >= 15 is 0 Å². The van der Waals surface area contributed by atoms with Crippen LogP contribution in [0, 0.1) is 0 Å². The van der Waals surface area contributed by atoms with E-state index in [4.69, 9.17) is 0 Å². The number of amides is 1. The molecule has 5 heteroatoms. The molecule has 0 aromatic heterocycles. The zero-order valence-corrected chi connectivity index (χ0v) is 34.7. The van der Waals surface area contributed by atoms with E-state index in [0.29, 0.717) is 12.8 Å². The largest absolute Gasteiger partial charge is 0.394 e. The molecule has 0 saturated carbocycles. The minimum atomic E-state index is -1.17. The number of hydrogen-bond acceptors (Lipinski definition) is 4. The van der Waals surface area contributed by atoms with Crippen LogP contribution in [-0.4, -0.2) is 46.1 Å². The fourth-order valence-corrected chi connectivity index (χ4v) is 6.88. The lowest BCUT2D eigenvalue weighted by molar-refractivity contribution is -0.124. The van der Waals surface area contributed by atoms with Crippen LogP contribution in [0.15, 0.2) is 36.5 Å². The van der Waals surface area contributed by atoms with Crippen molar-refractivity contribution in [1.29, 1.82) is 0 Å². The number of rotatable bonds is 41. The van der Waals surface area contributed by atoms with Crippen molar-refractivity contribution in [2.45, 2.75) is 250 Å². The minimum absolute atomic E-state index is 0.160. The number of carbonyl (C=O) groups excluding carboxylic acids is 1. The second kappa shape index (κ2) is 42.3. The van der Waals surface area contributed by atoms with Gasteiger partial charge in [-0.1, -0.05) is 185 Å². The van der Waals surface area contributed by atoms with Gasteiger partial charge in [0.05, 0.1) is 18.8 Å². The third-order valence-corrected chi connectivity index (χ3v) is 10.4. The van der Waals surface area contributed by atoms with Crippen molar-refractivity contribution in [2.75, 3.05) is 6.61 Å². The molecule has 3 atom stereocenters. The highest BCUT2D eigenvalue weighted by Gasteiger charge is 2.26. The van der Waals surface area contributed by atoms with Gasteiger partial charge in [0.1, 0.15) is 6.10 Å². The van der Waals surface area contributed by atoms with Crippen LogP contribution in [0.2, 0.25) is 0 Å². The van der Waals surface area contributed by atoms with Gasteiger partial charge in [-0.05, 0) is 77.0 Å². The summed E-state index contributed by atoms with van der Waals surface area (Å²) in [4.78, 5) is 12.4. The van der Waals surface area contributed by atoms with Gasteiger partial charge in [-0.3, -0.25) is 4.79 Å². The van der Waals surface area contributed by atoms with E-state index in [9.17, 15) is 20.1 Å². The highest BCUT2D eigenvalue weighted by molar-refractivity contribution is 5.76. The van der Waals surface area contributed by atoms with Crippen molar-refractivity contribution in [3.63, 3.8) is 0 Å². The number of aliphatic hydroxyl groups excluding tert-OH is 3. The van der Waals surface area contributed by atoms with E-state index in [-0.39, 0.29) is 12.5 Å². The standard InChI is InChI=1S/C47H89NO4/c1-3-5-7-9-11-13-15-17-18-19-20-21-22-23-24-25-26-27-28-29-30-32-34-36-38-40-42-46(51)48-44(43-49)47(52)45(50)41-39-37-35-33-31-16-14-12-10-8-6-4-2/h12,14,23-24,33,35,44-45,47,49-50,52H,3-11,13,15-22,25-32,34,36-43H2,1-2H3,(H,48,51)/b14-12+,24-23-,35-33+. The van der Waals surface area contributed by atoms with Crippen LogP contribution < -0.4 is 5.32 Å². The van der Waals surface area contributed by atoms with Crippen molar-refractivity contribution in [3.8, 4) is 0 Å². The molecule has 1 amide bonds. The van der Waals surface area contributed by atoms with E-state index in [1.807, 2.05) is 0 Å². The summed E-state index contributed by atoms with van der Waals surface area (Å²) in [6.45, 7) is 4.13. The first-order chi connectivity index (χ1) is 25.6. The van der Waals surface area contributed by atoms with Crippen molar-refractivity contribution >= 4 is 5.91 Å². The number of nitrogens with one attached hydrogen (secondary N) is 1. The molecule has 0 aromatic rings. The summed E-state index contributed by atoms with van der Waals surface area (Å²) in [5.41, 5.74) is 0. The lowest BCUT2D eigenvalue weighted by Crippen LogP contribution is -2.50. The van der Waals surface area contributed by atoms with Gasteiger partial charge in [-0.25, -0.2) is 0 Å². The monoisotopic (exact) mass is 732 g/mol. The number of unbranched alkanes of at least 4 members (excludes halogenated alkanes) is 27. The quantitative estimate of drug-likeness (QED) is 0.0372. The molecule has 0 saturated heterocycles. The highest BCUT2D eigenvalue weighted by atomic mass is 16.3. The molecule has 4 N–H and O–H groups in total. The van der Waals surface area contributed by atoms with Crippen LogP contribution >= 0.6 is 0 Å². The molecular weight excluding hydrogens is 643 g/mol. The van der Waals surface area contributed by atoms with Gasteiger partial charge in [0, 0.05) is 6.42 Å². The number of allylic oxidation sites excluding steroid dienone is 6. The van der Waals surface area contributed by atoms with Crippen molar-refractivity contribution in [1.82, 2.24) is 5.32 Å². The number of carbonyl (C=O) groups is 1. The van der Waals surface area contributed by atoms with E-state index in [0.717, 1.165) is 44.9 Å². The molecule has 3 unspecified atom stereocenters. The van der Waals surface area contributed by atoms with Gasteiger partial charge in [0.2, 0.25) is 5.91 Å². The first-order valence-electron chi connectivity index (χ1n) is 22.8. The minimum Gasteiger partial charge on any atom is -0.394 e. The third kappa shape index (κ3) is 36.9. The first-order valence-corrected chi connectivity index (χ1v) is 22.8. The summed E-state index contributed by atoms with van der Waals surface area (Å²) in [7, 11) is 0. The van der Waals surface area contributed by atoms with E-state index in [2.05, 4.69) is 55.6 Å². The number of hydrogen-bond donors (Lipinski definition) is 4. The number of aliphatic hydroxyl groups is 3. The van der Waals surface area contributed by atoms with Gasteiger partial charge >= 0.3 is 0 Å². The second-order valence-electron chi connectivity index (χ2n) is 15.6. The zero-order chi connectivity index (χ0) is 38.0. The SMILES string of the molecule is CCCCC/C=C/CC/C=C/CCCC(O)C(O)C(CO)NC(=O)CCCCCCCCCCCC/C=C\CCCCCCCCCCCCCC. The maximum atomic E-state index is 12.4. The summed E-state index contributed by atoms with van der Waals surface area (Å²) in [6, 6.07) is -0.831. The molecular formula is C47H89NO4. The van der Waals surface area contributed by atoms with Gasteiger partial charge in [0.25, 0.3) is 0 Å². The Hall–Kier alpha value is -1.43. The average molecular weight is 732 g/mol. The maximum absolute atomic E-state index is 12.4. The Balaban J connectivity index is 3.59. The molecule has 306 valence electrons. The smallest absolute Gasteiger partial charge is 0.220 e. The van der Waals surface area contributed by atoms with Crippen LogP contribution in [0.25, 0.3) is 0 Å². The van der Waals surface area contributed by atoms with Gasteiger partial charge in [0.15, 0.2) is 0 Å². The van der Waals surface area contributed by atoms with E-state index in [1.54, 1.807) is 0 Å². The van der Waals surface area contributed by atoms with Crippen LogP contribution in [0.1, 0.15) is 232 Å². The van der Waals surface area contributed by atoms with Crippen LogP contribution in [0.4, 0.5) is 0 Å². The predicted molar refractivity (Wildman–Crippen MR) is 227 cm³/mol. The highest BCUT2D eigenvalue weighted by Crippen LogP contribution is 2.15. The van der Waals surface area contributed by atoms with E-state index < -0.39 is 18.2 Å². The summed E-state index contributed by atoms with van der Waals surface area (Å²) in [5.74, 6) is -0.160.